The zero-order valence-corrected chi connectivity index (χ0v) is 8.63. The highest BCUT2D eigenvalue weighted by molar-refractivity contribution is 6.05. The van der Waals surface area contributed by atoms with Crippen LogP contribution in [-0.2, 0) is 9.59 Å². The molecule has 0 aromatic carbocycles. The third-order valence-electron chi connectivity index (χ3n) is 2.98. The molecule has 0 aliphatic carbocycles. The van der Waals surface area contributed by atoms with Crippen LogP contribution in [0.4, 0.5) is 0 Å². The molecule has 5 nitrogen and oxygen atoms in total. The largest absolute Gasteiger partial charge is 0.294 e. The van der Waals surface area contributed by atoms with Crippen molar-refractivity contribution in [3.8, 4) is 12.1 Å². The van der Waals surface area contributed by atoms with Gasteiger partial charge in [0.1, 0.15) is 0 Å². The Balaban J connectivity index is 3.18. The maximum atomic E-state index is 11.5. The van der Waals surface area contributed by atoms with E-state index in [1.807, 2.05) is 0 Å². The van der Waals surface area contributed by atoms with E-state index in [2.05, 4.69) is 5.32 Å². The van der Waals surface area contributed by atoms with Gasteiger partial charge in [0.25, 0.3) is 5.91 Å². The fourth-order valence-corrected chi connectivity index (χ4v) is 1.60. The normalized spacial score (nSPS) is 28.8. The highest BCUT2D eigenvalue weighted by Gasteiger charge is 2.53. The predicted octanol–water partition coefficient (Wildman–Crippen LogP) is 0.483. The van der Waals surface area contributed by atoms with Crippen molar-refractivity contribution in [2.75, 3.05) is 0 Å². The quantitative estimate of drug-likeness (QED) is 0.630. The number of carbonyl (C=O) groups excluding carboxylic acids is 2. The molecule has 1 N–H and O–H groups in total. The van der Waals surface area contributed by atoms with E-state index in [1.165, 1.54) is 0 Å². The molecule has 78 valence electrons. The molecule has 0 aromatic heterocycles. The van der Waals surface area contributed by atoms with Crippen LogP contribution in [0.15, 0.2) is 0 Å². The number of nitriles is 2. The average molecular weight is 205 g/mol. The molecule has 1 rings (SSSR count). The zero-order chi connectivity index (χ0) is 11.7. The summed E-state index contributed by atoms with van der Waals surface area (Å²) in [6.07, 6.45) is 0.450. The number of rotatable bonds is 1. The van der Waals surface area contributed by atoms with E-state index in [9.17, 15) is 9.59 Å². The molecular weight excluding hydrogens is 194 g/mol. The van der Waals surface area contributed by atoms with Crippen LogP contribution in [0.3, 0.4) is 0 Å². The Bertz CT molecular complexity index is 388. The molecule has 0 radical (unpaired) electrons. The van der Waals surface area contributed by atoms with E-state index < -0.39 is 22.6 Å². The first kappa shape index (κ1) is 11.2. The molecule has 1 fully saturated rings. The summed E-state index contributed by atoms with van der Waals surface area (Å²) >= 11 is 0. The van der Waals surface area contributed by atoms with Gasteiger partial charge in [-0.1, -0.05) is 13.8 Å². The Morgan fingerprint density at radius 1 is 1.33 bits per heavy atom. The fourth-order valence-electron chi connectivity index (χ4n) is 1.60. The summed E-state index contributed by atoms with van der Waals surface area (Å²) in [6.45, 7) is 3.44. The molecule has 1 atom stereocenters. The van der Waals surface area contributed by atoms with Gasteiger partial charge in [-0.25, -0.2) is 0 Å². The SMILES string of the molecule is CC[C@@]1(C)CC(C#N)(C#N)C(=O)NC1=O. The van der Waals surface area contributed by atoms with Crippen molar-refractivity contribution in [1.29, 1.82) is 10.5 Å². The van der Waals surface area contributed by atoms with Gasteiger partial charge < -0.3 is 0 Å². The van der Waals surface area contributed by atoms with Gasteiger partial charge >= 0.3 is 0 Å². The first-order chi connectivity index (χ1) is 6.94. The van der Waals surface area contributed by atoms with Crippen LogP contribution >= 0.6 is 0 Å². The lowest BCUT2D eigenvalue weighted by Crippen LogP contribution is -2.56. The second-order valence-electron chi connectivity index (χ2n) is 4.00. The standard InChI is InChI=1S/C10H11N3O2/c1-3-9(2)4-10(5-11,6-12)8(15)13-7(9)14/h3-4H2,1-2H3,(H,13,14,15)/t9-/m0/s1. The second kappa shape index (κ2) is 3.36. The van der Waals surface area contributed by atoms with Crippen molar-refractivity contribution in [3.63, 3.8) is 0 Å². The summed E-state index contributed by atoms with van der Waals surface area (Å²) in [5.41, 5.74) is -2.54. The lowest BCUT2D eigenvalue weighted by molar-refractivity contribution is -0.145. The molecule has 15 heavy (non-hydrogen) atoms. The van der Waals surface area contributed by atoms with Gasteiger partial charge in [0.05, 0.1) is 12.1 Å². The number of hydrogen-bond acceptors (Lipinski definition) is 4. The first-order valence-corrected chi connectivity index (χ1v) is 4.62. The van der Waals surface area contributed by atoms with Crippen molar-refractivity contribution >= 4 is 11.8 Å². The summed E-state index contributed by atoms with van der Waals surface area (Å²) in [5, 5.41) is 19.9. The number of nitrogens with one attached hydrogen (secondary N) is 1. The van der Waals surface area contributed by atoms with Crippen molar-refractivity contribution < 1.29 is 9.59 Å². The van der Waals surface area contributed by atoms with Crippen molar-refractivity contribution in [3.05, 3.63) is 0 Å². The van der Waals surface area contributed by atoms with Gasteiger partial charge in [0.15, 0.2) is 0 Å². The Morgan fingerprint density at radius 3 is 2.27 bits per heavy atom. The second-order valence-corrected chi connectivity index (χ2v) is 4.00. The van der Waals surface area contributed by atoms with Crippen molar-refractivity contribution in [1.82, 2.24) is 5.32 Å². The molecule has 1 aliphatic rings. The van der Waals surface area contributed by atoms with Crippen molar-refractivity contribution in [2.24, 2.45) is 10.8 Å². The van der Waals surface area contributed by atoms with Crippen molar-refractivity contribution in [2.45, 2.75) is 26.7 Å². The summed E-state index contributed by atoms with van der Waals surface area (Å²) in [5.74, 6) is -1.21. The summed E-state index contributed by atoms with van der Waals surface area (Å²) in [7, 11) is 0. The Kier molecular flexibility index (Phi) is 2.51. The van der Waals surface area contributed by atoms with Gasteiger partial charge in [-0.15, -0.1) is 0 Å². The van der Waals surface area contributed by atoms with Gasteiger partial charge in [-0.3, -0.25) is 14.9 Å². The maximum absolute atomic E-state index is 11.5. The molecule has 0 aromatic rings. The molecule has 0 unspecified atom stereocenters. The number of imide groups is 1. The highest BCUT2D eigenvalue weighted by atomic mass is 16.2. The van der Waals surface area contributed by atoms with E-state index in [-0.39, 0.29) is 6.42 Å². The van der Waals surface area contributed by atoms with Crippen LogP contribution < -0.4 is 5.32 Å². The third-order valence-corrected chi connectivity index (χ3v) is 2.98. The Labute approximate surface area is 87.7 Å². The lowest BCUT2D eigenvalue weighted by Gasteiger charge is -2.36. The molecule has 0 spiro atoms. The summed E-state index contributed by atoms with van der Waals surface area (Å²) in [4.78, 5) is 22.9. The van der Waals surface area contributed by atoms with Crippen LogP contribution in [-0.4, -0.2) is 11.8 Å². The van der Waals surface area contributed by atoms with Gasteiger partial charge in [-0.05, 0) is 6.42 Å². The Morgan fingerprint density at radius 2 is 1.87 bits per heavy atom. The molecule has 5 heteroatoms. The molecule has 1 saturated heterocycles. The number of nitrogens with zero attached hydrogens (tertiary/aromatic N) is 2. The van der Waals surface area contributed by atoms with E-state index in [1.54, 1.807) is 26.0 Å². The van der Waals surface area contributed by atoms with Gasteiger partial charge in [0.2, 0.25) is 11.3 Å². The van der Waals surface area contributed by atoms with Crippen LogP contribution in [0.25, 0.3) is 0 Å². The first-order valence-electron chi connectivity index (χ1n) is 4.62. The zero-order valence-electron chi connectivity index (χ0n) is 8.63. The van der Waals surface area contributed by atoms with E-state index >= 15 is 0 Å². The maximum Gasteiger partial charge on any atom is 0.261 e. The smallest absolute Gasteiger partial charge is 0.261 e. The van der Waals surface area contributed by atoms with Gasteiger partial charge in [-0.2, -0.15) is 10.5 Å². The van der Waals surface area contributed by atoms with E-state index in [0.29, 0.717) is 6.42 Å². The monoisotopic (exact) mass is 205 g/mol. The van der Waals surface area contributed by atoms with E-state index in [0.717, 1.165) is 0 Å². The minimum atomic E-state index is -1.72. The highest BCUT2D eigenvalue weighted by Crippen LogP contribution is 2.40. The fraction of sp³-hybridized carbons (Fsp3) is 0.600. The number of amides is 2. The summed E-state index contributed by atoms with van der Waals surface area (Å²) in [6, 6.07) is 3.40. The predicted molar refractivity (Wildman–Crippen MR) is 49.8 cm³/mol. The minimum Gasteiger partial charge on any atom is -0.294 e. The lowest BCUT2D eigenvalue weighted by atomic mass is 9.68. The van der Waals surface area contributed by atoms with Crippen LogP contribution in [0.2, 0.25) is 0 Å². The number of hydrogen-bond donors (Lipinski definition) is 1. The number of piperidine rings is 1. The molecule has 0 bridgehead atoms. The average Bonchev–Trinajstić information content (AvgIpc) is 2.24. The molecule has 1 aliphatic heterocycles. The minimum absolute atomic E-state index is 0.0336. The topological polar surface area (TPSA) is 93.8 Å². The van der Waals surface area contributed by atoms with Crippen LogP contribution in [0.5, 0.6) is 0 Å². The molecule has 2 amide bonds. The summed E-state index contributed by atoms with van der Waals surface area (Å²) < 4.78 is 0. The molecular formula is C10H11N3O2. The molecule has 1 heterocycles. The third kappa shape index (κ3) is 1.46. The molecule has 0 saturated carbocycles. The Hall–Kier alpha value is -1.88. The van der Waals surface area contributed by atoms with E-state index in [4.69, 9.17) is 10.5 Å². The van der Waals surface area contributed by atoms with Crippen LogP contribution in [0.1, 0.15) is 26.7 Å². The number of carbonyl (C=O) groups is 2. The van der Waals surface area contributed by atoms with Crippen LogP contribution in [0, 0.1) is 33.5 Å². The van der Waals surface area contributed by atoms with Gasteiger partial charge in [0, 0.05) is 11.8 Å².